The molecule has 0 aliphatic rings. The maximum atomic E-state index is 5.77. The molecule has 0 N–H and O–H groups in total. The second-order valence-electron chi connectivity index (χ2n) is 13.8. The highest BCUT2D eigenvalue weighted by molar-refractivity contribution is 4.55. The molecule has 0 fully saturated rings. The van der Waals surface area contributed by atoms with E-state index in [1.54, 1.807) is 0 Å². The summed E-state index contributed by atoms with van der Waals surface area (Å²) >= 11 is 0. The van der Waals surface area contributed by atoms with Crippen LogP contribution in [0.2, 0.25) is 0 Å². The quantitative estimate of drug-likeness (QED) is 0.0646. The van der Waals surface area contributed by atoms with Gasteiger partial charge in [-0.2, -0.15) is 0 Å². The van der Waals surface area contributed by atoms with Crippen LogP contribution < -0.4 is 0 Å². The molecule has 0 aromatic rings. The molecule has 0 saturated heterocycles. The first-order valence-corrected chi connectivity index (χ1v) is 20.3. The normalized spacial score (nSPS) is 11.6. The average molecular weight is 592 g/mol. The molecule has 0 rings (SSSR count). The lowest BCUT2D eigenvalue weighted by molar-refractivity contribution is 0.183. The lowest BCUT2D eigenvalue weighted by Gasteiger charge is -2.05. The van der Waals surface area contributed by atoms with Crippen LogP contribution in [-0.2, 0) is 4.74 Å². The van der Waals surface area contributed by atoms with Crippen molar-refractivity contribution in [3.63, 3.8) is 0 Å². The molecule has 0 unspecified atom stereocenters. The molecule has 253 valence electrons. The average Bonchev–Trinajstić information content (AvgIpc) is 3.00. The first kappa shape index (κ1) is 42.0. The molecular weight excluding hydrogens is 508 g/mol. The van der Waals surface area contributed by atoms with Gasteiger partial charge < -0.3 is 4.74 Å². The highest BCUT2D eigenvalue weighted by Gasteiger charge is 1.98. The zero-order valence-corrected chi connectivity index (χ0v) is 29.9. The van der Waals surface area contributed by atoms with E-state index >= 15 is 0 Å². The molecule has 0 saturated carbocycles. The zero-order chi connectivity index (χ0) is 30.3. The third-order valence-corrected chi connectivity index (χ3v) is 9.41. The van der Waals surface area contributed by atoms with Gasteiger partial charge in [-0.3, -0.25) is 0 Å². The Bertz CT molecular complexity index is 393. The number of hydrogen-bond acceptors (Lipinski definition) is 1. The molecule has 0 aliphatic carbocycles. The predicted molar refractivity (Wildman–Crippen MR) is 192 cm³/mol. The summed E-state index contributed by atoms with van der Waals surface area (Å²) in [4.78, 5) is 0. The Hall–Kier alpha value is -0.0400. The molecule has 0 aromatic carbocycles. The molecule has 1 nitrogen and oxygen atoms in total. The Morgan fingerprint density at radius 2 is 0.476 bits per heavy atom. The fourth-order valence-electron chi connectivity index (χ4n) is 6.38. The SMILES string of the molecule is CCCCCCCCCCCCCCCCCCCCC[CH]OCCCCCCCCCCCCCCCCCCC. The molecule has 0 atom stereocenters. The summed E-state index contributed by atoms with van der Waals surface area (Å²) in [6.07, 6.45) is 53.1. The Balaban J connectivity index is 3.02. The monoisotopic (exact) mass is 592 g/mol. The van der Waals surface area contributed by atoms with E-state index in [2.05, 4.69) is 20.5 Å². The molecule has 0 spiro atoms. The van der Waals surface area contributed by atoms with Crippen molar-refractivity contribution >= 4 is 0 Å². The fourth-order valence-corrected chi connectivity index (χ4v) is 6.38. The van der Waals surface area contributed by atoms with Crippen molar-refractivity contribution in [1.82, 2.24) is 0 Å². The lowest BCUT2D eigenvalue weighted by atomic mass is 10.0. The van der Waals surface area contributed by atoms with Crippen molar-refractivity contribution in [3.05, 3.63) is 6.61 Å². The van der Waals surface area contributed by atoms with E-state index in [0.29, 0.717) is 0 Å². The van der Waals surface area contributed by atoms with E-state index in [1.807, 2.05) is 0 Å². The van der Waals surface area contributed by atoms with Gasteiger partial charge in [-0.25, -0.2) is 0 Å². The van der Waals surface area contributed by atoms with Gasteiger partial charge in [-0.05, 0) is 12.8 Å². The summed E-state index contributed by atoms with van der Waals surface area (Å²) in [6, 6.07) is 0. The van der Waals surface area contributed by atoms with E-state index in [4.69, 9.17) is 4.74 Å². The third-order valence-electron chi connectivity index (χ3n) is 9.41. The number of rotatable bonds is 39. The highest BCUT2D eigenvalue weighted by atomic mass is 16.5. The molecular formula is C41H83O. The Kier molecular flexibility index (Phi) is 40.9. The van der Waals surface area contributed by atoms with Crippen molar-refractivity contribution in [2.75, 3.05) is 6.61 Å². The van der Waals surface area contributed by atoms with Gasteiger partial charge in [0.1, 0.15) is 0 Å². The van der Waals surface area contributed by atoms with E-state index < -0.39 is 0 Å². The van der Waals surface area contributed by atoms with Crippen LogP contribution in [0.1, 0.15) is 251 Å². The van der Waals surface area contributed by atoms with E-state index in [9.17, 15) is 0 Å². The van der Waals surface area contributed by atoms with Crippen LogP contribution in [0.3, 0.4) is 0 Å². The van der Waals surface area contributed by atoms with Crippen LogP contribution in [0, 0.1) is 6.61 Å². The van der Waals surface area contributed by atoms with Crippen molar-refractivity contribution in [3.8, 4) is 0 Å². The van der Waals surface area contributed by atoms with Gasteiger partial charge >= 0.3 is 0 Å². The summed E-state index contributed by atoms with van der Waals surface area (Å²) in [6.45, 7) is 7.65. The van der Waals surface area contributed by atoms with Gasteiger partial charge in [-0.1, -0.05) is 239 Å². The van der Waals surface area contributed by atoms with Crippen LogP contribution in [0.15, 0.2) is 0 Å². The summed E-state index contributed by atoms with van der Waals surface area (Å²) in [7, 11) is 0. The highest BCUT2D eigenvalue weighted by Crippen LogP contribution is 2.16. The second-order valence-corrected chi connectivity index (χ2v) is 13.8. The first-order valence-electron chi connectivity index (χ1n) is 20.3. The molecule has 0 aromatic heterocycles. The Morgan fingerprint density at radius 1 is 0.262 bits per heavy atom. The maximum Gasteiger partial charge on any atom is 0.0836 e. The van der Waals surface area contributed by atoms with Crippen LogP contribution in [-0.4, -0.2) is 6.61 Å². The molecule has 42 heavy (non-hydrogen) atoms. The Labute approximate surface area is 268 Å². The maximum absolute atomic E-state index is 5.77. The Morgan fingerprint density at radius 3 is 0.738 bits per heavy atom. The van der Waals surface area contributed by atoms with Crippen molar-refractivity contribution in [2.45, 2.75) is 251 Å². The molecule has 1 radical (unpaired) electrons. The summed E-state index contributed by atoms with van der Waals surface area (Å²) < 4.78 is 5.77. The van der Waals surface area contributed by atoms with E-state index in [0.717, 1.165) is 13.0 Å². The van der Waals surface area contributed by atoms with Gasteiger partial charge in [0.2, 0.25) is 0 Å². The molecule has 1 heteroatoms. The first-order chi connectivity index (χ1) is 20.9. The molecule has 0 bridgehead atoms. The van der Waals surface area contributed by atoms with Crippen LogP contribution in [0.5, 0.6) is 0 Å². The van der Waals surface area contributed by atoms with Gasteiger partial charge in [0, 0.05) is 6.61 Å². The summed E-state index contributed by atoms with van der Waals surface area (Å²) in [5, 5.41) is 0. The van der Waals surface area contributed by atoms with Crippen LogP contribution >= 0.6 is 0 Å². The van der Waals surface area contributed by atoms with Crippen molar-refractivity contribution < 1.29 is 4.74 Å². The number of ether oxygens (including phenoxy) is 1. The molecule has 0 amide bonds. The number of unbranched alkanes of at least 4 members (excludes halogenated alkanes) is 35. The minimum atomic E-state index is 0.942. The van der Waals surface area contributed by atoms with E-state index in [1.165, 1.54) is 231 Å². The van der Waals surface area contributed by atoms with Gasteiger partial charge in [0.05, 0.1) is 6.61 Å². The van der Waals surface area contributed by atoms with Crippen LogP contribution in [0.25, 0.3) is 0 Å². The van der Waals surface area contributed by atoms with Crippen molar-refractivity contribution in [1.29, 1.82) is 0 Å². The topological polar surface area (TPSA) is 9.23 Å². The largest absolute Gasteiger partial charge is 0.376 e. The smallest absolute Gasteiger partial charge is 0.0836 e. The van der Waals surface area contributed by atoms with Gasteiger partial charge in [0.25, 0.3) is 0 Å². The van der Waals surface area contributed by atoms with Crippen molar-refractivity contribution in [2.24, 2.45) is 0 Å². The van der Waals surface area contributed by atoms with Crippen LogP contribution in [0.4, 0.5) is 0 Å². The zero-order valence-electron chi connectivity index (χ0n) is 29.9. The predicted octanol–water partition coefficient (Wildman–Crippen LogP) is 15.6. The summed E-state index contributed by atoms with van der Waals surface area (Å²) in [5.41, 5.74) is 0. The van der Waals surface area contributed by atoms with Gasteiger partial charge in [-0.15, -0.1) is 0 Å². The minimum Gasteiger partial charge on any atom is -0.376 e. The van der Waals surface area contributed by atoms with Gasteiger partial charge in [0.15, 0.2) is 0 Å². The fraction of sp³-hybridized carbons (Fsp3) is 0.976. The standard InChI is InChI=1S/C41H83O/c1-3-5-7-9-11-13-15-17-19-21-22-23-25-27-29-31-33-35-37-39-41-42-40-38-36-34-32-30-28-26-24-20-18-16-14-12-10-8-6-4-2/h41H,3-40H2,1-2H3. The minimum absolute atomic E-state index is 0.942. The second kappa shape index (κ2) is 41.0. The molecule has 0 aliphatic heterocycles. The van der Waals surface area contributed by atoms with E-state index in [-0.39, 0.29) is 0 Å². The third kappa shape index (κ3) is 40.0. The number of hydrogen-bond donors (Lipinski definition) is 0. The lowest BCUT2D eigenvalue weighted by Crippen LogP contribution is -1.92. The molecule has 0 heterocycles. The summed E-state index contributed by atoms with van der Waals surface area (Å²) in [5.74, 6) is 0.